The maximum absolute atomic E-state index is 5.85. The third kappa shape index (κ3) is 6.44. The van der Waals surface area contributed by atoms with Crippen molar-refractivity contribution in [2.75, 3.05) is 13.2 Å². The molecule has 0 saturated heterocycles. The van der Waals surface area contributed by atoms with Gasteiger partial charge in [-0.3, -0.25) is 0 Å². The second-order valence-electron chi connectivity index (χ2n) is 5.37. The number of nitrogens with one attached hydrogen (secondary N) is 1. The van der Waals surface area contributed by atoms with E-state index in [2.05, 4.69) is 63.3 Å². The molecule has 0 spiro atoms. The van der Waals surface area contributed by atoms with E-state index in [4.69, 9.17) is 4.74 Å². The van der Waals surface area contributed by atoms with Gasteiger partial charge in [-0.1, -0.05) is 37.3 Å². The van der Waals surface area contributed by atoms with Crippen molar-refractivity contribution in [3.8, 4) is 0 Å². The normalized spacial score (nSPS) is 13.6. The fraction of sp³-hybridized carbons (Fsp3) is 0.600. The molecule has 0 amide bonds. The number of hydrogen-bond acceptors (Lipinski definition) is 2. The average molecular weight is 235 g/mol. The van der Waals surface area contributed by atoms with Crippen LogP contribution in [0.4, 0.5) is 0 Å². The molecule has 2 nitrogen and oxygen atoms in total. The van der Waals surface area contributed by atoms with E-state index in [1.807, 2.05) is 0 Å². The van der Waals surface area contributed by atoms with Gasteiger partial charge < -0.3 is 10.1 Å². The first kappa shape index (κ1) is 14.2. The van der Waals surface area contributed by atoms with Gasteiger partial charge in [0.2, 0.25) is 0 Å². The summed E-state index contributed by atoms with van der Waals surface area (Å²) in [6.07, 6.45) is 1.02. The summed E-state index contributed by atoms with van der Waals surface area (Å²) in [7, 11) is 0. The van der Waals surface area contributed by atoms with Crippen LogP contribution in [-0.2, 0) is 11.2 Å². The van der Waals surface area contributed by atoms with E-state index in [-0.39, 0.29) is 5.60 Å². The first-order chi connectivity index (χ1) is 8.01. The minimum absolute atomic E-state index is 0.0651. The lowest BCUT2D eigenvalue weighted by atomic mass is 10.1. The van der Waals surface area contributed by atoms with Gasteiger partial charge in [0.15, 0.2) is 0 Å². The lowest BCUT2D eigenvalue weighted by Gasteiger charge is -2.25. The van der Waals surface area contributed by atoms with Gasteiger partial charge in [0.05, 0.1) is 12.2 Å². The molecule has 2 heteroatoms. The Hall–Kier alpha value is -0.860. The molecule has 0 fully saturated rings. The number of hydrogen-bond donors (Lipinski definition) is 1. The molecule has 0 saturated carbocycles. The highest BCUT2D eigenvalue weighted by atomic mass is 16.5. The molecular formula is C15H25NO. The second kappa shape index (κ2) is 6.77. The Morgan fingerprint density at radius 3 is 2.35 bits per heavy atom. The van der Waals surface area contributed by atoms with Crippen LogP contribution in [-0.4, -0.2) is 24.8 Å². The average Bonchev–Trinajstić information content (AvgIpc) is 2.27. The molecular weight excluding hydrogens is 210 g/mol. The first-order valence-corrected chi connectivity index (χ1v) is 6.42. The number of likely N-dealkylation sites (N-methyl/N-ethyl adjacent to an activating group) is 1. The highest BCUT2D eigenvalue weighted by molar-refractivity contribution is 5.15. The van der Waals surface area contributed by atoms with E-state index in [1.165, 1.54) is 5.56 Å². The fourth-order valence-corrected chi connectivity index (χ4v) is 1.73. The minimum Gasteiger partial charge on any atom is -0.374 e. The predicted molar refractivity (Wildman–Crippen MR) is 73.3 cm³/mol. The third-order valence-corrected chi connectivity index (χ3v) is 2.54. The summed E-state index contributed by atoms with van der Waals surface area (Å²) < 4.78 is 5.85. The fourth-order valence-electron chi connectivity index (χ4n) is 1.73. The van der Waals surface area contributed by atoms with Crippen molar-refractivity contribution in [1.29, 1.82) is 0 Å². The Kier molecular flexibility index (Phi) is 5.66. The Bertz CT molecular complexity index is 302. The Labute approximate surface area is 105 Å². The number of benzene rings is 1. The topological polar surface area (TPSA) is 21.3 Å². The molecule has 0 radical (unpaired) electrons. The van der Waals surface area contributed by atoms with Gasteiger partial charge >= 0.3 is 0 Å². The molecule has 0 aromatic heterocycles. The molecule has 1 unspecified atom stereocenters. The maximum atomic E-state index is 5.85. The van der Waals surface area contributed by atoms with Crippen molar-refractivity contribution in [2.24, 2.45) is 0 Å². The van der Waals surface area contributed by atoms with E-state index in [0.717, 1.165) is 19.6 Å². The Morgan fingerprint density at radius 1 is 1.18 bits per heavy atom. The standard InChI is InChI=1S/C15H25NO/c1-5-16-14(12-17-15(2,3)4)11-13-9-7-6-8-10-13/h6-10,14,16H,5,11-12H2,1-4H3. The summed E-state index contributed by atoms with van der Waals surface area (Å²) in [5.41, 5.74) is 1.29. The zero-order chi connectivity index (χ0) is 12.7. The predicted octanol–water partition coefficient (Wildman–Crippen LogP) is 3.02. The molecule has 1 N–H and O–H groups in total. The first-order valence-electron chi connectivity index (χ1n) is 6.42. The molecule has 1 aromatic carbocycles. The van der Waals surface area contributed by atoms with Gasteiger partial charge in [-0.2, -0.15) is 0 Å². The molecule has 96 valence electrons. The van der Waals surface area contributed by atoms with Crippen molar-refractivity contribution in [2.45, 2.75) is 45.8 Å². The number of ether oxygens (including phenoxy) is 1. The van der Waals surface area contributed by atoms with Gasteiger partial charge in [0.1, 0.15) is 0 Å². The second-order valence-corrected chi connectivity index (χ2v) is 5.37. The molecule has 0 bridgehead atoms. The summed E-state index contributed by atoms with van der Waals surface area (Å²) in [4.78, 5) is 0. The van der Waals surface area contributed by atoms with Crippen LogP contribution in [0.1, 0.15) is 33.3 Å². The Balaban J connectivity index is 2.49. The van der Waals surface area contributed by atoms with Crippen LogP contribution >= 0.6 is 0 Å². The van der Waals surface area contributed by atoms with Crippen LogP contribution < -0.4 is 5.32 Å². The van der Waals surface area contributed by atoms with Crippen LogP contribution in [0.5, 0.6) is 0 Å². The zero-order valence-electron chi connectivity index (χ0n) is 11.5. The summed E-state index contributed by atoms with van der Waals surface area (Å²) >= 11 is 0. The molecule has 0 aliphatic rings. The molecule has 0 aliphatic carbocycles. The minimum atomic E-state index is -0.0651. The van der Waals surface area contributed by atoms with Crippen LogP contribution in [0.25, 0.3) is 0 Å². The van der Waals surface area contributed by atoms with Crippen molar-refractivity contribution in [1.82, 2.24) is 5.32 Å². The molecule has 0 heterocycles. The third-order valence-electron chi connectivity index (χ3n) is 2.54. The highest BCUT2D eigenvalue weighted by Crippen LogP contribution is 2.09. The van der Waals surface area contributed by atoms with Gasteiger partial charge in [-0.15, -0.1) is 0 Å². The van der Waals surface area contributed by atoms with Crippen LogP contribution in [0.2, 0.25) is 0 Å². The summed E-state index contributed by atoms with van der Waals surface area (Å²) in [6.45, 7) is 10.2. The highest BCUT2D eigenvalue weighted by Gasteiger charge is 2.15. The maximum Gasteiger partial charge on any atom is 0.0629 e. The number of rotatable bonds is 6. The summed E-state index contributed by atoms with van der Waals surface area (Å²) in [5.74, 6) is 0. The lowest BCUT2D eigenvalue weighted by Crippen LogP contribution is -2.38. The molecule has 1 atom stereocenters. The zero-order valence-corrected chi connectivity index (χ0v) is 11.5. The SMILES string of the molecule is CCNC(COC(C)(C)C)Cc1ccccc1. The van der Waals surface area contributed by atoms with Crippen LogP contribution in [0.3, 0.4) is 0 Å². The van der Waals surface area contributed by atoms with Crippen molar-refractivity contribution in [3.63, 3.8) is 0 Å². The molecule has 17 heavy (non-hydrogen) atoms. The Morgan fingerprint density at radius 2 is 1.82 bits per heavy atom. The lowest BCUT2D eigenvalue weighted by molar-refractivity contribution is -0.0141. The molecule has 1 aromatic rings. The summed E-state index contributed by atoms with van der Waals surface area (Å²) in [6, 6.07) is 11.0. The molecule has 1 rings (SSSR count). The van der Waals surface area contributed by atoms with E-state index in [0.29, 0.717) is 6.04 Å². The van der Waals surface area contributed by atoms with Crippen LogP contribution in [0.15, 0.2) is 30.3 Å². The quantitative estimate of drug-likeness (QED) is 0.818. The summed E-state index contributed by atoms with van der Waals surface area (Å²) in [5, 5.41) is 3.48. The van der Waals surface area contributed by atoms with Crippen molar-refractivity contribution < 1.29 is 4.74 Å². The van der Waals surface area contributed by atoms with Gasteiger partial charge in [-0.05, 0) is 39.3 Å². The van der Waals surface area contributed by atoms with E-state index >= 15 is 0 Å². The van der Waals surface area contributed by atoms with Gasteiger partial charge in [0.25, 0.3) is 0 Å². The van der Waals surface area contributed by atoms with E-state index < -0.39 is 0 Å². The molecule has 0 aliphatic heterocycles. The van der Waals surface area contributed by atoms with Crippen molar-refractivity contribution in [3.05, 3.63) is 35.9 Å². The monoisotopic (exact) mass is 235 g/mol. The van der Waals surface area contributed by atoms with E-state index in [9.17, 15) is 0 Å². The smallest absolute Gasteiger partial charge is 0.0629 e. The van der Waals surface area contributed by atoms with Crippen LogP contribution in [0, 0.1) is 0 Å². The largest absolute Gasteiger partial charge is 0.374 e. The van der Waals surface area contributed by atoms with Gasteiger partial charge in [-0.25, -0.2) is 0 Å². The van der Waals surface area contributed by atoms with E-state index in [1.54, 1.807) is 0 Å². The van der Waals surface area contributed by atoms with Crippen molar-refractivity contribution >= 4 is 0 Å². The van der Waals surface area contributed by atoms with Gasteiger partial charge in [0, 0.05) is 6.04 Å².